The Balaban J connectivity index is 1.30. The number of hydrogen-bond donors (Lipinski definition) is 1. The molecule has 0 bridgehead atoms. The number of aromatic nitrogens is 1. The van der Waals surface area contributed by atoms with E-state index in [4.69, 9.17) is 9.15 Å². The largest absolute Gasteiger partial charge is 0.616 e. The van der Waals surface area contributed by atoms with Crippen LogP contribution >= 0.6 is 0 Å². The molecular formula is C22H29N3O4S. The van der Waals surface area contributed by atoms with Crippen molar-refractivity contribution in [3.63, 3.8) is 0 Å². The topological polar surface area (TPSA) is 90.7 Å². The Bertz CT molecular complexity index is 791. The number of nitrogens with one attached hydrogen (secondary N) is 1. The van der Waals surface area contributed by atoms with Gasteiger partial charge in [0.05, 0.1) is 12.9 Å². The van der Waals surface area contributed by atoms with Gasteiger partial charge in [-0.2, -0.15) is 0 Å². The molecule has 1 unspecified atom stereocenters. The molecule has 0 aliphatic carbocycles. The van der Waals surface area contributed by atoms with Crippen molar-refractivity contribution in [3.8, 4) is 5.88 Å². The molecule has 0 saturated carbocycles. The molecule has 0 aromatic carbocycles. The van der Waals surface area contributed by atoms with E-state index in [0.717, 1.165) is 19.6 Å². The van der Waals surface area contributed by atoms with Gasteiger partial charge in [-0.25, -0.2) is 4.98 Å². The second-order valence-corrected chi connectivity index (χ2v) is 8.71. The number of carbonyl (C=O) groups is 1. The van der Waals surface area contributed by atoms with Crippen molar-refractivity contribution >= 4 is 17.1 Å². The van der Waals surface area contributed by atoms with Crippen LogP contribution in [0.4, 0.5) is 0 Å². The van der Waals surface area contributed by atoms with Crippen LogP contribution in [0.1, 0.15) is 37.0 Å². The summed E-state index contributed by atoms with van der Waals surface area (Å²) >= 11 is -1.29. The molecule has 3 rings (SSSR count). The van der Waals surface area contributed by atoms with E-state index in [1.807, 2.05) is 18.2 Å². The van der Waals surface area contributed by atoms with Crippen molar-refractivity contribution in [2.75, 3.05) is 25.4 Å². The van der Waals surface area contributed by atoms with E-state index < -0.39 is 11.2 Å². The number of piperidine rings is 1. The average Bonchev–Trinajstić information content (AvgIpc) is 3.24. The molecule has 30 heavy (non-hydrogen) atoms. The maximum Gasteiger partial charge on any atom is 0.273 e. The summed E-state index contributed by atoms with van der Waals surface area (Å²) in [5.74, 6) is 1.12. The zero-order chi connectivity index (χ0) is 21.0. The fourth-order valence-electron chi connectivity index (χ4n) is 3.26. The minimum absolute atomic E-state index is 0.0602. The highest BCUT2D eigenvalue weighted by molar-refractivity contribution is 7.91. The Hall–Kier alpha value is -2.29. The molecule has 1 N–H and O–H groups in total. The second kappa shape index (κ2) is 12.4. The second-order valence-electron chi connectivity index (χ2n) is 7.25. The molecule has 1 fully saturated rings. The lowest BCUT2D eigenvalue weighted by Gasteiger charge is -2.26. The van der Waals surface area contributed by atoms with Gasteiger partial charge in [0.2, 0.25) is 5.88 Å². The molecule has 2 aromatic heterocycles. The number of pyridine rings is 1. The quantitative estimate of drug-likeness (QED) is 0.434. The van der Waals surface area contributed by atoms with Crippen molar-refractivity contribution in [1.29, 1.82) is 0 Å². The summed E-state index contributed by atoms with van der Waals surface area (Å²) in [7, 11) is 0. The summed E-state index contributed by atoms with van der Waals surface area (Å²) in [5.41, 5.74) is 1.22. The molecule has 0 spiro atoms. The summed E-state index contributed by atoms with van der Waals surface area (Å²) in [6.45, 7) is 3.72. The lowest BCUT2D eigenvalue weighted by Crippen LogP contribution is -2.29. The van der Waals surface area contributed by atoms with E-state index in [0.29, 0.717) is 24.7 Å². The number of furan rings is 1. The predicted molar refractivity (Wildman–Crippen MR) is 116 cm³/mol. The van der Waals surface area contributed by atoms with Gasteiger partial charge in [0, 0.05) is 31.4 Å². The minimum Gasteiger partial charge on any atom is -0.616 e. The van der Waals surface area contributed by atoms with Crippen molar-refractivity contribution in [3.05, 3.63) is 60.3 Å². The first-order chi connectivity index (χ1) is 14.7. The van der Waals surface area contributed by atoms with Crippen LogP contribution in [-0.2, 0) is 28.3 Å². The number of hydrogen-bond acceptors (Lipinski definition) is 6. The molecular weight excluding hydrogens is 402 g/mol. The van der Waals surface area contributed by atoms with E-state index in [-0.39, 0.29) is 17.4 Å². The number of nitrogens with zero attached hydrogens (tertiary/aromatic N) is 2. The van der Waals surface area contributed by atoms with Crippen LogP contribution < -0.4 is 10.1 Å². The zero-order valence-electron chi connectivity index (χ0n) is 17.1. The summed E-state index contributed by atoms with van der Waals surface area (Å²) in [5, 5.41) is 2.63. The van der Waals surface area contributed by atoms with Gasteiger partial charge in [0.1, 0.15) is 0 Å². The van der Waals surface area contributed by atoms with Crippen LogP contribution in [0.3, 0.4) is 0 Å². The predicted octanol–water partition coefficient (Wildman–Crippen LogP) is 3.01. The Kier molecular flexibility index (Phi) is 9.27. The number of rotatable bonds is 11. The molecule has 1 aliphatic rings. The van der Waals surface area contributed by atoms with E-state index in [1.54, 1.807) is 24.5 Å². The van der Waals surface area contributed by atoms with Gasteiger partial charge in [-0.1, -0.05) is 12.5 Å². The van der Waals surface area contributed by atoms with Crippen molar-refractivity contribution in [1.82, 2.24) is 15.2 Å². The van der Waals surface area contributed by atoms with Crippen LogP contribution in [0.25, 0.3) is 0 Å². The van der Waals surface area contributed by atoms with Crippen LogP contribution in [0.2, 0.25) is 0 Å². The van der Waals surface area contributed by atoms with Crippen molar-refractivity contribution in [2.45, 2.75) is 38.0 Å². The van der Waals surface area contributed by atoms with Crippen LogP contribution in [-0.4, -0.2) is 45.8 Å². The molecule has 7 nitrogen and oxygen atoms in total. The Morgan fingerprint density at radius 2 is 2.20 bits per heavy atom. The lowest BCUT2D eigenvalue weighted by atomic mass is 10.1. The van der Waals surface area contributed by atoms with Gasteiger partial charge in [-0.3, -0.25) is 9.69 Å². The standard InChI is InChI=1S/C22H29N3O4S/c26-21(18-30(27)17-20-7-6-14-28-20)23-9-2-5-13-29-22-15-19(8-10-24-22)16-25-11-3-1-4-12-25/h2,6-10,14-15H,1,3-5,11-13,16-18H2,(H,23,26). The minimum atomic E-state index is -1.29. The zero-order valence-corrected chi connectivity index (χ0v) is 17.9. The van der Waals surface area contributed by atoms with Crippen molar-refractivity contribution in [2.24, 2.45) is 0 Å². The summed E-state index contributed by atoms with van der Waals surface area (Å²) in [6.07, 6.45) is 11.2. The molecule has 1 amide bonds. The molecule has 0 radical (unpaired) electrons. The number of likely N-dealkylation sites (tertiary alicyclic amines) is 1. The average molecular weight is 432 g/mol. The van der Waals surface area contributed by atoms with Gasteiger partial charge in [-0.15, -0.1) is 0 Å². The highest BCUT2D eigenvalue weighted by Crippen LogP contribution is 2.15. The van der Waals surface area contributed by atoms with E-state index in [1.165, 1.54) is 31.1 Å². The molecule has 2 aromatic rings. The third-order valence-corrected chi connectivity index (χ3v) is 5.92. The maximum absolute atomic E-state index is 11.9. The lowest BCUT2D eigenvalue weighted by molar-refractivity contribution is -0.117. The normalized spacial score (nSPS) is 15.9. The number of amides is 1. The number of ether oxygens (including phenoxy) is 1. The van der Waals surface area contributed by atoms with Gasteiger partial charge in [-0.05, 0) is 60.9 Å². The monoisotopic (exact) mass is 431 g/mol. The Labute approximate surface area is 180 Å². The van der Waals surface area contributed by atoms with Crippen LogP contribution in [0, 0.1) is 0 Å². The fourth-order valence-corrected chi connectivity index (χ4v) is 4.22. The highest BCUT2D eigenvalue weighted by Gasteiger charge is 2.14. The van der Waals surface area contributed by atoms with E-state index >= 15 is 0 Å². The first-order valence-corrected chi connectivity index (χ1v) is 11.8. The molecule has 1 saturated heterocycles. The third kappa shape index (κ3) is 8.22. The fraction of sp³-hybridized carbons (Fsp3) is 0.455. The molecule has 1 aliphatic heterocycles. The first-order valence-electron chi connectivity index (χ1n) is 10.3. The molecule has 1 atom stereocenters. The van der Waals surface area contributed by atoms with Gasteiger partial charge >= 0.3 is 0 Å². The smallest absolute Gasteiger partial charge is 0.273 e. The third-order valence-electron chi connectivity index (χ3n) is 4.73. The van der Waals surface area contributed by atoms with Gasteiger partial charge in [0.25, 0.3) is 5.91 Å². The molecule has 162 valence electrons. The first kappa shape index (κ1) is 22.4. The van der Waals surface area contributed by atoms with Crippen LogP contribution in [0.5, 0.6) is 5.88 Å². The summed E-state index contributed by atoms with van der Waals surface area (Å²) < 4.78 is 22.7. The van der Waals surface area contributed by atoms with Crippen LogP contribution in [0.15, 0.2) is 53.4 Å². The van der Waals surface area contributed by atoms with Gasteiger partial charge in [0.15, 0.2) is 17.3 Å². The van der Waals surface area contributed by atoms with E-state index in [9.17, 15) is 9.35 Å². The Morgan fingerprint density at radius 3 is 3.00 bits per heavy atom. The maximum atomic E-state index is 11.9. The molecule has 8 heteroatoms. The molecule has 3 heterocycles. The van der Waals surface area contributed by atoms with E-state index in [2.05, 4.69) is 15.2 Å². The number of carbonyl (C=O) groups excluding carboxylic acids is 1. The van der Waals surface area contributed by atoms with Crippen molar-refractivity contribution < 1.29 is 18.5 Å². The Morgan fingerprint density at radius 1 is 1.33 bits per heavy atom. The summed E-state index contributed by atoms with van der Waals surface area (Å²) in [4.78, 5) is 18.5. The SMILES string of the molecule is O=C(C[S+]([O-])Cc1ccco1)NC=CCCOc1cc(CN2CCCCC2)ccn1. The highest BCUT2D eigenvalue weighted by atomic mass is 32.2. The summed E-state index contributed by atoms with van der Waals surface area (Å²) in [6, 6.07) is 7.51. The van der Waals surface area contributed by atoms with Gasteiger partial charge < -0.3 is 19.0 Å².